The molecule has 1 aromatic rings. The molecule has 164 valence electrons. The Morgan fingerprint density at radius 3 is 2.48 bits per heavy atom. The zero-order valence-electron chi connectivity index (χ0n) is 19.6. The topological polar surface area (TPSA) is 32.3 Å². The summed E-state index contributed by atoms with van der Waals surface area (Å²) in [5.41, 5.74) is 5.78. The van der Waals surface area contributed by atoms with Crippen LogP contribution in [0.15, 0.2) is 6.07 Å². The Bertz CT molecular complexity index is 708. The number of aryl methyl sites for hydroxylation is 2. The molecule has 0 aromatic heterocycles. The first-order valence-corrected chi connectivity index (χ1v) is 11.9. The average Bonchev–Trinajstić information content (AvgIpc) is 3.00. The number of alkyl halides is 1. The van der Waals surface area contributed by atoms with Crippen molar-refractivity contribution in [1.82, 2.24) is 0 Å². The van der Waals surface area contributed by atoms with E-state index in [2.05, 4.69) is 44.0 Å². The summed E-state index contributed by atoms with van der Waals surface area (Å²) in [6, 6.07) is 2.74. The fraction of sp³-hybridized carbons (Fsp3) is 0.720. The van der Waals surface area contributed by atoms with Gasteiger partial charge in [0.1, 0.15) is 0 Å². The van der Waals surface area contributed by atoms with E-state index < -0.39 is 5.41 Å². The molecule has 29 heavy (non-hydrogen) atoms. The number of hydrogen-bond donors (Lipinski definition) is 1. The first-order chi connectivity index (χ1) is 13.6. The largest absolute Gasteiger partial charge is 0.366 e. The highest BCUT2D eigenvalue weighted by Crippen LogP contribution is 2.44. The molecule has 1 amide bonds. The van der Waals surface area contributed by atoms with Crippen LogP contribution in [0.2, 0.25) is 0 Å². The molecule has 0 saturated heterocycles. The molecular weight excluding hydrogens is 380 g/mol. The first-order valence-electron chi connectivity index (χ1n) is 11.4. The monoisotopic (exact) mass is 420 g/mol. The van der Waals surface area contributed by atoms with Gasteiger partial charge in [-0.3, -0.25) is 4.79 Å². The highest BCUT2D eigenvalue weighted by Gasteiger charge is 2.33. The number of unbranched alkanes of at least 4 members (excludes halogenated alkanes) is 1. The number of amides is 1. The maximum Gasteiger partial charge on any atom is 0.229 e. The van der Waals surface area contributed by atoms with Gasteiger partial charge >= 0.3 is 0 Å². The van der Waals surface area contributed by atoms with Crippen molar-refractivity contribution in [3.8, 4) is 0 Å². The minimum Gasteiger partial charge on any atom is -0.366 e. The summed E-state index contributed by atoms with van der Waals surface area (Å²) in [7, 11) is 0. The third-order valence-corrected chi connectivity index (χ3v) is 6.59. The van der Waals surface area contributed by atoms with E-state index in [4.69, 9.17) is 11.6 Å². The van der Waals surface area contributed by atoms with Crippen LogP contribution >= 0.6 is 11.6 Å². The summed E-state index contributed by atoms with van der Waals surface area (Å²) >= 11 is 6.42. The second-order valence-corrected chi connectivity index (χ2v) is 10.4. The summed E-state index contributed by atoms with van der Waals surface area (Å²) in [5, 5.41) is 3.58. The number of nitrogens with zero attached hydrogens (tertiary/aromatic N) is 1. The van der Waals surface area contributed by atoms with E-state index in [-0.39, 0.29) is 5.91 Å². The van der Waals surface area contributed by atoms with Gasteiger partial charge in [-0.25, -0.2) is 0 Å². The van der Waals surface area contributed by atoms with Crippen LogP contribution < -0.4 is 10.2 Å². The van der Waals surface area contributed by atoms with E-state index in [1.807, 2.05) is 20.8 Å². The Kier molecular flexibility index (Phi) is 8.46. The molecule has 0 aliphatic carbocycles. The summed E-state index contributed by atoms with van der Waals surface area (Å²) in [6.45, 7) is 15.7. The van der Waals surface area contributed by atoms with Gasteiger partial charge < -0.3 is 10.2 Å². The highest BCUT2D eigenvalue weighted by atomic mass is 35.5. The third kappa shape index (κ3) is 5.90. The number of carbonyl (C=O) groups excluding carboxylic acids is 1. The van der Waals surface area contributed by atoms with Gasteiger partial charge in [0, 0.05) is 23.4 Å². The van der Waals surface area contributed by atoms with Crippen LogP contribution in [0.4, 0.5) is 11.4 Å². The molecule has 0 fully saturated rings. The number of benzene rings is 1. The molecular formula is C25H41ClN2O. The van der Waals surface area contributed by atoms with Crippen LogP contribution in [0.3, 0.4) is 0 Å². The van der Waals surface area contributed by atoms with Crippen LogP contribution in [0.25, 0.3) is 0 Å². The SMILES string of the molecule is CCCC(Cl)CCCCN1c2c(c(C)cc(C)c2NC(=O)C(C)(C)C)CC1CC. The molecule has 1 aliphatic rings. The lowest BCUT2D eigenvalue weighted by atomic mass is 9.94. The summed E-state index contributed by atoms with van der Waals surface area (Å²) < 4.78 is 0. The van der Waals surface area contributed by atoms with E-state index >= 15 is 0 Å². The summed E-state index contributed by atoms with van der Waals surface area (Å²) in [4.78, 5) is 15.3. The molecule has 1 aliphatic heterocycles. The van der Waals surface area contributed by atoms with Crippen molar-refractivity contribution in [3.63, 3.8) is 0 Å². The molecule has 0 radical (unpaired) electrons. The van der Waals surface area contributed by atoms with Gasteiger partial charge in [-0.15, -0.1) is 11.6 Å². The summed E-state index contributed by atoms with van der Waals surface area (Å²) in [6.07, 6.45) is 7.84. The van der Waals surface area contributed by atoms with Gasteiger partial charge in [0.2, 0.25) is 5.91 Å². The number of fused-ring (bicyclic) bond motifs is 1. The maximum atomic E-state index is 12.8. The van der Waals surface area contributed by atoms with Crippen LogP contribution in [0, 0.1) is 19.3 Å². The zero-order valence-corrected chi connectivity index (χ0v) is 20.4. The molecule has 1 N–H and O–H groups in total. The Morgan fingerprint density at radius 2 is 1.90 bits per heavy atom. The van der Waals surface area contributed by atoms with Crippen molar-refractivity contribution in [3.05, 3.63) is 22.8 Å². The molecule has 4 heteroatoms. The van der Waals surface area contributed by atoms with E-state index in [1.165, 1.54) is 16.8 Å². The standard InChI is InChI=1S/C25H41ClN2O/c1-8-12-19(26)13-10-11-14-28-20(9-2)16-21-17(3)15-18(4)22(23(21)28)27-24(29)25(5,6)7/h15,19-20H,8-14,16H2,1-7H3,(H,27,29). The van der Waals surface area contributed by atoms with Gasteiger partial charge in [0.25, 0.3) is 0 Å². The van der Waals surface area contributed by atoms with Gasteiger partial charge in [0.05, 0.1) is 11.4 Å². The zero-order chi connectivity index (χ0) is 21.8. The van der Waals surface area contributed by atoms with E-state index in [0.717, 1.165) is 62.7 Å². The van der Waals surface area contributed by atoms with Crippen molar-refractivity contribution in [2.45, 2.75) is 105 Å². The number of rotatable bonds is 9. The predicted molar refractivity (Wildman–Crippen MR) is 128 cm³/mol. The van der Waals surface area contributed by atoms with Crippen LogP contribution in [-0.2, 0) is 11.2 Å². The highest BCUT2D eigenvalue weighted by molar-refractivity contribution is 6.20. The molecule has 0 bridgehead atoms. The predicted octanol–water partition coefficient (Wildman–Crippen LogP) is 7.01. The minimum atomic E-state index is -0.410. The minimum absolute atomic E-state index is 0.0797. The second-order valence-electron chi connectivity index (χ2n) is 9.76. The normalized spacial score (nSPS) is 17.4. The maximum absolute atomic E-state index is 12.8. The fourth-order valence-electron chi connectivity index (χ4n) is 4.33. The number of anilines is 2. The molecule has 1 aromatic carbocycles. The van der Waals surface area contributed by atoms with Crippen LogP contribution in [0.5, 0.6) is 0 Å². The first kappa shape index (κ1) is 24.1. The fourth-order valence-corrected chi connectivity index (χ4v) is 4.71. The quantitative estimate of drug-likeness (QED) is 0.344. The van der Waals surface area contributed by atoms with Gasteiger partial charge in [0.15, 0.2) is 0 Å². The average molecular weight is 421 g/mol. The lowest BCUT2D eigenvalue weighted by Gasteiger charge is -2.30. The number of nitrogens with one attached hydrogen (secondary N) is 1. The Balaban J connectivity index is 2.25. The number of hydrogen-bond acceptors (Lipinski definition) is 2. The molecule has 3 nitrogen and oxygen atoms in total. The molecule has 0 saturated carbocycles. The van der Waals surface area contributed by atoms with Gasteiger partial charge in [-0.2, -0.15) is 0 Å². The molecule has 0 spiro atoms. The van der Waals surface area contributed by atoms with Crippen molar-refractivity contribution in [2.24, 2.45) is 5.41 Å². The lowest BCUT2D eigenvalue weighted by Crippen LogP contribution is -2.34. The lowest BCUT2D eigenvalue weighted by molar-refractivity contribution is -0.123. The van der Waals surface area contributed by atoms with Gasteiger partial charge in [-0.1, -0.05) is 53.5 Å². The second kappa shape index (κ2) is 10.2. The number of carbonyl (C=O) groups is 1. The molecule has 1 heterocycles. The Morgan fingerprint density at radius 1 is 1.21 bits per heavy atom. The summed E-state index contributed by atoms with van der Waals surface area (Å²) in [5.74, 6) is 0.0797. The Labute approximate surface area is 183 Å². The Hall–Kier alpha value is -1.22. The van der Waals surface area contributed by atoms with Crippen molar-refractivity contribution >= 4 is 28.9 Å². The van der Waals surface area contributed by atoms with Crippen molar-refractivity contribution in [2.75, 3.05) is 16.8 Å². The number of halogens is 1. The van der Waals surface area contributed by atoms with Crippen LogP contribution in [0.1, 0.15) is 89.8 Å². The molecule has 2 unspecified atom stereocenters. The molecule has 2 rings (SSSR count). The van der Waals surface area contributed by atoms with E-state index in [9.17, 15) is 4.79 Å². The molecule has 2 atom stereocenters. The smallest absolute Gasteiger partial charge is 0.229 e. The van der Waals surface area contributed by atoms with Gasteiger partial charge in [-0.05, 0) is 62.6 Å². The van der Waals surface area contributed by atoms with Crippen LogP contribution in [-0.4, -0.2) is 23.9 Å². The van der Waals surface area contributed by atoms with Crippen molar-refractivity contribution < 1.29 is 4.79 Å². The van der Waals surface area contributed by atoms with E-state index in [0.29, 0.717) is 11.4 Å². The van der Waals surface area contributed by atoms with E-state index in [1.54, 1.807) is 0 Å². The third-order valence-electron chi connectivity index (χ3n) is 6.15. The van der Waals surface area contributed by atoms with Crippen molar-refractivity contribution in [1.29, 1.82) is 0 Å².